The summed E-state index contributed by atoms with van der Waals surface area (Å²) in [6.45, 7) is 2.20. The number of rotatable bonds is 1. The Morgan fingerprint density at radius 3 is 2.92 bits per heavy atom. The molecule has 0 amide bonds. The fraction of sp³-hybridized carbons (Fsp3) is 0.889. The monoisotopic (exact) mass is 169 g/mol. The summed E-state index contributed by atoms with van der Waals surface area (Å²) in [4.78, 5) is 10.9. The quantitative estimate of drug-likeness (QED) is 0.615. The fourth-order valence-electron chi connectivity index (χ4n) is 2.41. The summed E-state index contributed by atoms with van der Waals surface area (Å²) in [7, 11) is 0. The Kier molecular flexibility index (Phi) is 1.65. The van der Waals surface area contributed by atoms with Crippen LogP contribution in [-0.2, 0) is 4.79 Å². The van der Waals surface area contributed by atoms with Crippen LogP contribution in [-0.4, -0.2) is 22.7 Å². The Morgan fingerprint density at radius 1 is 1.67 bits per heavy atom. The molecule has 2 N–H and O–H groups in total. The molecule has 3 fully saturated rings. The first kappa shape index (κ1) is 8.05. The van der Waals surface area contributed by atoms with Gasteiger partial charge in [-0.2, -0.15) is 0 Å². The number of carbonyl (C=O) groups is 1. The molecule has 3 heteroatoms. The molecule has 3 unspecified atom stereocenters. The molecule has 0 spiro atoms. The van der Waals surface area contributed by atoms with Gasteiger partial charge in [-0.3, -0.25) is 10.1 Å². The highest BCUT2D eigenvalue weighted by atomic mass is 16.4. The van der Waals surface area contributed by atoms with E-state index in [0.717, 1.165) is 19.3 Å². The molecule has 3 atom stereocenters. The van der Waals surface area contributed by atoms with Crippen LogP contribution < -0.4 is 5.32 Å². The molecule has 0 aromatic heterocycles. The predicted molar refractivity (Wildman–Crippen MR) is 44.9 cm³/mol. The number of fused-ring (bicyclic) bond motifs is 3. The van der Waals surface area contributed by atoms with Crippen LogP contribution in [0.25, 0.3) is 0 Å². The van der Waals surface area contributed by atoms with E-state index in [0.29, 0.717) is 12.0 Å². The first-order valence-corrected chi connectivity index (χ1v) is 4.65. The highest BCUT2D eigenvalue weighted by Gasteiger charge is 2.52. The van der Waals surface area contributed by atoms with Crippen LogP contribution in [0, 0.1) is 5.92 Å². The third-order valence-corrected chi connectivity index (χ3v) is 3.39. The van der Waals surface area contributed by atoms with Gasteiger partial charge in [0.05, 0.1) is 0 Å². The molecular weight excluding hydrogens is 154 g/mol. The summed E-state index contributed by atoms with van der Waals surface area (Å²) < 4.78 is 0. The summed E-state index contributed by atoms with van der Waals surface area (Å²) in [6.07, 6.45) is 3.87. The van der Waals surface area contributed by atoms with Gasteiger partial charge in [-0.05, 0) is 25.2 Å². The van der Waals surface area contributed by atoms with Crippen molar-refractivity contribution in [2.45, 2.75) is 44.2 Å². The number of carboxylic acid groups (broad SMARTS) is 1. The Morgan fingerprint density at radius 2 is 2.33 bits per heavy atom. The summed E-state index contributed by atoms with van der Waals surface area (Å²) >= 11 is 0. The Labute approximate surface area is 72.2 Å². The molecule has 2 aliphatic heterocycles. The van der Waals surface area contributed by atoms with Crippen molar-refractivity contribution in [3.63, 3.8) is 0 Å². The van der Waals surface area contributed by atoms with E-state index in [2.05, 4.69) is 12.2 Å². The first-order valence-electron chi connectivity index (χ1n) is 4.65. The second-order valence-corrected chi connectivity index (χ2v) is 4.21. The van der Waals surface area contributed by atoms with Crippen LogP contribution in [0.3, 0.4) is 0 Å². The molecule has 0 aromatic rings. The lowest BCUT2D eigenvalue weighted by Crippen LogP contribution is -2.68. The SMILES string of the molecule is CC1CCCC2(C(=O)O)CC1N2. The average molecular weight is 169 g/mol. The van der Waals surface area contributed by atoms with Crippen molar-refractivity contribution in [1.82, 2.24) is 5.32 Å². The Hall–Kier alpha value is -0.570. The zero-order valence-corrected chi connectivity index (χ0v) is 7.34. The van der Waals surface area contributed by atoms with Crippen molar-refractivity contribution in [2.75, 3.05) is 0 Å². The van der Waals surface area contributed by atoms with Gasteiger partial charge in [0, 0.05) is 6.04 Å². The molecule has 1 aliphatic carbocycles. The van der Waals surface area contributed by atoms with Crippen molar-refractivity contribution in [3.05, 3.63) is 0 Å². The highest BCUT2D eigenvalue weighted by molar-refractivity contribution is 5.80. The normalized spacial score (nSPS) is 46.1. The Balaban J connectivity index is 2.11. The van der Waals surface area contributed by atoms with E-state index < -0.39 is 11.5 Å². The van der Waals surface area contributed by atoms with Crippen LogP contribution in [0.2, 0.25) is 0 Å². The number of carboxylic acids is 1. The lowest BCUT2D eigenvalue weighted by atomic mass is 9.78. The van der Waals surface area contributed by atoms with Crippen molar-refractivity contribution < 1.29 is 9.90 Å². The second kappa shape index (κ2) is 2.46. The molecule has 2 bridgehead atoms. The van der Waals surface area contributed by atoms with Gasteiger partial charge in [0.15, 0.2) is 0 Å². The van der Waals surface area contributed by atoms with Crippen molar-refractivity contribution in [2.24, 2.45) is 5.92 Å². The first-order chi connectivity index (χ1) is 5.64. The summed E-state index contributed by atoms with van der Waals surface area (Å²) in [5.74, 6) is -0.00664. The van der Waals surface area contributed by atoms with Gasteiger partial charge in [0.25, 0.3) is 0 Å². The second-order valence-electron chi connectivity index (χ2n) is 4.21. The summed E-state index contributed by atoms with van der Waals surface area (Å²) in [5.41, 5.74) is -0.546. The van der Waals surface area contributed by atoms with Gasteiger partial charge in [-0.15, -0.1) is 0 Å². The van der Waals surface area contributed by atoms with Gasteiger partial charge in [-0.25, -0.2) is 0 Å². The minimum atomic E-state index is -0.659. The molecule has 0 radical (unpaired) electrons. The van der Waals surface area contributed by atoms with Crippen LogP contribution in [0.4, 0.5) is 0 Å². The van der Waals surface area contributed by atoms with E-state index in [-0.39, 0.29) is 0 Å². The maximum Gasteiger partial charge on any atom is 0.323 e. The highest BCUT2D eigenvalue weighted by Crippen LogP contribution is 2.39. The van der Waals surface area contributed by atoms with E-state index >= 15 is 0 Å². The van der Waals surface area contributed by atoms with Crippen molar-refractivity contribution >= 4 is 5.97 Å². The molecule has 3 aliphatic rings. The third kappa shape index (κ3) is 0.959. The largest absolute Gasteiger partial charge is 0.480 e. The average Bonchev–Trinajstić information content (AvgIpc) is 2.14. The lowest BCUT2D eigenvalue weighted by Gasteiger charge is -2.46. The van der Waals surface area contributed by atoms with Crippen molar-refractivity contribution in [3.8, 4) is 0 Å². The van der Waals surface area contributed by atoms with Gasteiger partial charge in [-0.1, -0.05) is 13.3 Å². The summed E-state index contributed by atoms with van der Waals surface area (Å²) in [6, 6.07) is 0.462. The predicted octanol–water partition coefficient (Wildman–Crippen LogP) is 0.992. The van der Waals surface area contributed by atoms with Gasteiger partial charge < -0.3 is 5.11 Å². The van der Waals surface area contributed by atoms with Gasteiger partial charge in [0.1, 0.15) is 5.54 Å². The number of hydrogen-bond donors (Lipinski definition) is 2. The number of aliphatic carboxylic acids is 1. The maximum absolute atomic E-state index is 10.9. The maximum atomic E-state index is 10.9. The summed E-state index contributed by atoms with van der Waals surface area (Å²) in [5, 5.41) is 12.2. The topological polar surface area (TPSA) is 49.3 Å². The van der Waals surface area contributed by atoms with E-state index in [4.69, 9.17) is 5.11 Å². The van der Waals surface area contributed by atoms with Crippen LogP contribution >= 0.6 is 0 Å². The van der Waals surface area contributed by atoms with Gasteiger partial charge in [0.2, 0.25) is 0 Å². The molecular formula is C9H15NO2. The standard InChI is InChI=1S/C9H15NO2/c1-6-3-2-4-9(8(11)12)5-7(6)10-9/h6-7,10H,2-5H2,1H3,(H,11,12). The molecule has 0 aromatic carbocycles. The van der Waals surface area contributed by atoms with Crippen LogP contribution in [0.5, 0.6) is 0 Å². The molecule has 12 heavy (non-hydrogen) atoms. The van der Waals surface area contributed by atoms with Crippen LogP contribution in [0.1, 0.15) is 32.6 Å². The molecule has 2 heterocycles. The molecule has 3 nitrogen and oxygen atoms in total. The van der Waals surface area contributed by atoms with Gasteiger partial charge >= 0.3 is 5.97 Å². The van der Waals surface area contributed by atoms with Crippen molar-refractivity contribution in [1.29, 1.82) is 0 Å². The molecule has 3 rings (SSSR count). The van der Waals surface area contributed by atoms with Crippen LogP contribution in [0.15, 0.2) is 0 Å². The van der Waals surface area contributed by atoms with E-state index in [1.165, 1.54) is 6.42 Å². The minimum absolute atomic E-state index is 0.462. The van der Waals surface area contributed by atoms with E-state index in [9.17, 15) is 4.79 Å². The minimum Gasteiger partial charge on any atom is -0.480 e. The third-order valence-electron chi connectivity index (χ3n) is 3.39. The smallest absolute Gasteiger partial charge is 0.323 e. The zero-order chi connectivity index (χ0) is 8.77. The molecule has 2 saturated heterocycles. The fourth-order valence-corrected chi connectivity index (χ4v) is 2.41. The molecule has 1 saturated carbocycles. The number of nitrogens with one attached hydrogen (secondary N) is 1. The molecule has 68 valence electrons. The number of hydrogen-bond acceptors (Lipinski definition) is 2. The zero-order valence-electron chi connectivity index (χ0n) is 7.34. The van der Waals surface area contributed by atoms with E-state index in [1.54, 1.807) is 0 Å². The lowest BCUT2D eigenvalue weighted by molar-refractivity contribution is -0.150. The Bertz CT molecular complexity index is 209. The van der Waals surface area contributed by atoms with E-state index in [1.807, 2.05) is 0 Å².